The van der Waals surface area contributed by atoms with Gasteiger partial charge in [0.25, 0.3) is 5.56 Å². The van der Waals surface area contributed by atoms with Crippen LogP contribution in [0.15, 0.2) is 15.3 Å². The molecule has 3 aromatic rings. The Kier molecular flexibility index (Phi) is 5.23. The molecule has 6 nitrogen and oxygen atoms in total. The zero-order chi connectivity index (χ0) is 19.1. The van der Waals surface area contributed by atoms with Gasteiger partial charge in [0, 0.05) is 15.7 Å². The van der Waals surface area contributed by atoms with Crippen LogP contribution in [-0.2, 0) is 10.2 Å². The van der Waals surface area contributed by atoms with Gasteiger partial charge in [0.15, 0.2) is 10.3 Å². The molecule has 0 bridgehead atoms. The molecule has 3 rings (SSSR count). The Morgan fingerprint density at radius 3 is 2.69 bits per heavy atom. The summed E-state index contributed by atoms with van der Waals surface area (Å²) in [7, 11) is 0. The molecule has 0 spiro atoms. The van der Waals surface area contributed by atoms with E-state index in [1.165, 1.54) is 34.4 Å². The maximum absolute atomic E-state index is 12.3. The third-order valence-electron chi connectivity index (χ3n) is 3.88. The van der Waals surface area contributed by atoms with Crippen molar-refractivity contribution in [2.24, 2.45) is 0 Å². The number of thiophene rings is 1. The molecule has 0 unspecified atom stereocenters. The van der Waals surface area contributed by atoms with E-state index in [2.05, 4.69) is 41.0 Å². The molecule has 0 aliphatic heterocycles. The number of nitrogens with one attached hydrogen (secondary N) is 2. The Morgan fingerprint density at radius 1 is 1.31 bits per heavy atom. The van der Waals surface area contributed by atoms with Gasteiger partial charge < -0.3 is 10.3 Å². The van der Waals surface area contributed by atoms with Gasteiger partial charge in [0.2, 0.25) is 5.91 Å². The summed E-state index contributed by atoms with van der Waals surface area (Å²) in [5.41, 5.74) is 1.70. The van der Waals surface area contributed by atoms with Crippen molar-refractivity contribution in [1.29, 1.82) is 0 Å². The van der Waals surface area contributed by atoms with Crippen molar-refractivity contribution in [1.82, 2.24) is 15.0 Å². The second-order valence-electron chi connectivity index (χ2n) is 6.96. The van der Waals surface area contributed by atoms with Crippen molar-refractivity contribution in [3.63, 3.8) is 0 Å². The third-order valence-corrected chi connectivity index (χ3v) is 6.61. The quantitative estimate of drug-likeness (QED) is 0.501. The van der Waals surface area contributed by atoms with Crippen LogP contribution >= 0.6 is 34.4 Å². The molecule has 0 aromatic carbocycles. The monoisotopic (exact) mass is 408 g/mol. The normalized spacial score (nSPS) is 11.9. The highest BCUT2D eigenvalue weighted by atomic mass is 32.2. The number of thioether (sulfide) groups is 1. The molecule has 0 saturated heterocycles. The lowest BCUT2D eigenvalue weighted by Gasteiger charge is -2.14. The maximum atomic E-state index is 12.3. The standard InChI is InChI=1S/C17H20N4O2S3/c1-8-9(2)26-14-12(8)13(23)20-16(21-14)25-7-11(22)19-15-18-10(6-24-15)17(3,4)5/h6H,7H2,1-5H3,(H,18,19,22)(H,20,21,23). The van der Waals surface area contributed by atoms with Crippen molar-refractivity contribution in [2.45, 2.75) is 45.2 Å². The summed E-state index contributed by atoms with van der Waals surface area (Å²) in [6.07, 6.45) is 0. The molecule has 26 heavy (non-hydrogen) atoms. The SMILES string of the molecule is Cc1sc2nc(SCC(=O)Nc3nc(C(C)(C)C)cs3)[nH]c(=O)c2c1C. The number of aromatic nitrogens is 3. The Labute approximate surface area is 163 Å². The van der Waals surface area contributed by atoms with Crippen LogP contribution in [0.4, 0.5) is 5.13 Å². The fraction of sp³-hybridized carbons (Fsp3) is 0.412. The van der Waals surface area contributed by atoms with E-state index in [1.54, 1.807) is 0 Å². The zero-order valence-electron chi connectivity index (χ0n) is 15.2. The number of rotatable bonds is 4. The molecule has 138 valence electrons. The first kappa shape index (κ1) is 19.1. The van der Waals surface area contributed by atoms with Crippen LogP contribution in [-0.4, -0.2) is 26.6 Å². The summed E-state index contributed by atoms with van der Waals surface area (Å²) in [4.78, 5) is 37.9. The molecular formula is C17H20N4O2S3. The summed E-state index contributed by atoms with van der Waals surface area (Å²) >= 11 is 4.12. The number of carbonyl (C=O) groups is 1. The van der Waals surface area contributed by atoms with Crippen molar-refractivity contribution >= 4 is 55.7 Å². The predicted octanol–water partition coefficient (Wildman–Crippen LogP) is 4.09. The molecule has 0 fully saturated rings. The number of hydrogen-bond donors (Lipinski definition) is 2. The van der Waals surface area contributed by atoms with Crippen LogP contribution in [0, 0.1) is 13.8 Å². The average molecular weight is 409 g/mol. The highest BCUT2D eigenvalue weighted by Crippen LogP contribution is 2.28. The summed E-state index contributed by atoms with van der Waals surface area (Å²) in [5.74, 6) is -0.0199. The first-order chi connectivity index (χ1) is 12.1. The number of aromatic amines is 1. The number of hydrogen-bond acceptors (Lipinski definition) is 7. The van der Waals surface area contributed by atoms with Gasteiger partial charge in [-0.1, -0.05) is 32.5 Å². The van der Waals surface area contributed by atoms with Gasteiger partial charge in [0.05, 0.1) is 16.8 Å². The van der Waals surface area contributed by atoms with Crippen LogP contribution in [0.5, 0.6) is 0 Å². The van der Waals surface area contributed by atoms with E-state index in [0.29, 0.717) is 20.5 Å². The van der Waals surface area contributed by atoms with Gasteiger partial charge in [-0.3, -0.25) is 9.59 Å². The largest absolute Gasteiger partial charge is 0.301 e. The zero-order valence-corrected chi connectivity index (χ0v) is 17.7. The van der Waals surface area contributed by atoms with E-state index in [4.69, 9.17) is 0 Å². The minimum Gasteiger partial charge on any atom is -0.301 e. The molecule has 1 amide bonds. The Bertz CT molecular complexity index is 1030. The minimum absolute atomic E-state index is 0.0516. The summed E-state index contributed by atoms with van der Waals surface area (Å²) in [6.45, 7) is 10.1. The topological polar surface area (TPSA) is 87.7 Å². The number of fused-ring (bicyclic) bond motifs is 1. The molecule has 3 heterocycles. The van der Waals surface area contributed by atoms with Gasteiger partial charge in [-0.2, -0.15) is 0 Å². The highest BCUT2D eigenvalue weighted by molar-refractivity contribution is 7.99. The van der Waals surface area contributed by atoms with Gasteiger partial charge in [-0.05, 0) is 19.4 Å². The van der Waals surface area contributed by atoms with Crippen molar-refractivity contribution in [3.05, 3.63) is 31.9 Å². The molecule has 0 saturated carbocycles. The van der Waals surface area contributed by atoms with Gasteiger partial charge >= 0.3 is 0 Å². The maximum Gasteiger partial charge on any atom is 0.260 e. The summed E-state index contributed by atoms with van der Waals surface area (Å²) in [5, 5.41) is 6.43. The van der Waals surface area contributed by atoms with Crippen molar-refractivity contribution in [2.75, 3.05) is 11.1 Å². The first-order valence-corrected chi connectivity index (χ1v) is 10.7. The van der Waals surface area contributed by atoms with E-state index in [-0.39, 0.29) is 22.6 Å². The van der Waals surface area contributed by atoms with E-state index >= 15 is 0 Å². The Hall–Kier alpha value is -1.71. The number of amides is 1. The fourth-order valence-corrected chi connectivity index (χ4v) is 4.97. The lowest BCUT2D eigenvalue weighted by atomic mass is 9.93. The van der Waals surface area contributed by atoms with Gasteiger partial charge in [-0.25, -0.2) is 9.97 Å². The predicted molar refractivity (Wildman–Crippen MR) is 110 cm³/mol. The van der Waals surface area contributed by atoms with Crippen LogP contribution < -0.4 is 10.9 Å². The van der Waals surface area contributed by atoms with Crippen LogP contribution in [0.25, 0.3) is 10.2 Å². The van der Waals surface area contributed by atoms with Crippen LogP contribution in [0.1, 0.15) is 36.9 Å². The summed E-state index contributed by atoms with van der Waals surface area (Å²) in [6, 6.07) is 0. The third kappa shape index (κ3) is 3.99. The molecule has 0 aliphatic rings. The number of anilines is 1. The molecular weight excluding hydrogens is 388 g/mol. The molecule has 0 radical (unpaired) electrons. The Morgan fingerprint density at radius 2 is 2.04 bits per heavy atom. The summed E-state index contributed by atoms with van der Waals surface area (Å²) < 4.78 is 0. The van der Waals surface area contributed by atoms with E-state index in [1.807, 2.05) is 19.2 Å². The molecule has 9 heteroatoms. The fourth-order valence-electron chi connectivity index (χ4n) is 2.27. The number of thiazole rings is 1. The Balaban J connectivity index is 1.67. The van der Waals surface area contributed by atoms with E-state index in [9.17, 15) is 9.59 Å². The van der Waals surface area contributed by atoms with Crippen molar-refractivity contribution < 1.29 is 4.79 Å². The average Bonchev–Trinajstić information content (AvgIpc) is 3.11. The number of aryl methyl sites for hydroxylation is 2. The second kappa shape index (κ2) is 7.13. The van der Waals surface area contributed by atoms with E-state index in [0.717, 1.165) is 16.1 Å². The second-order valence-corrected chi connectivity index (χ2v) is 9.98. The first-order valence-electron chi connectivity index (χ1n) is 8.04. The van der Waals surface area contributed by atoms with Crippen LogP contribution in [0.2, 0.25) is 0 Å². The van der Waals surface area contributed by atoms with Gasteiger partial charge in [0.1, 0.15) is 4.83 Å². The minimum atomic E-state index is -0.175. The van der Waals surface area contributed by atoms with Gasteiger partial charge in [-0.15, -0.1) is 22.7 Å². The molecule has 3 aromatic heterocycles. The number of nitrogens with zero attached hydrogens (tertiary/aromatic N) is 2. The van der Waals surface area contributed by atoms with E-state index < -0.39 is 0 Å². The molecule has 2 N–H and O–H groups in total. The number of carbonyl (C=O) groups excluding carboxylic acids is 1. The smallest absolute Gasteiger partial charge is 0.260 e. The molecule has 0 atom stereocenters. The lowest BCUT2D eigenvalue weighted by Crippen LogP contribution is -2.16. The number of H-pyrrole nitrogens is 1. The molecule has 0 aliphatic carbocycles. The van der Waals surface area contributed by atoms with Crippen LogP contribution in [0.3, 0.4) is 0 Å². The van der Waals surface area contributed by atoms with Crippen molar-refractivity contribution in [3.8, 4) is 0 Å². The highest BCUT2D eigenvalue weighted by Gasteiger charge is 2.18. The lowest BCUT2D eigenvalue weighted by molar-refractivity contribution is -0.113.